The Balaban J connectivity index is 2.06. The molecule has 1 N–H and O–H groups in total. The number of anilines is 1. The first-order valence-corrected chi connectivity index (χ1v) is 5.40. The predicted molar refractivity (Wildman–Crippen MR) is 64.2 cm³/mol. The van der Waals surface area contributed by atoms with Gasteiger partial charge in [-0.05, 0) is 6.92 Å². The van der Waals surface area contributed by atoms with Gasteiger partial charge in [-0.1, -0.05) is 0 Å². The van der Waals surface area contributed by atoms with Gasteiger partial charge in [0.15, 0.2) is 0 Å². The van der Waals surface area contributed by atoms with Crippen LogP contribution in [0.1, 0.15) is 12.6 Å². The third kappa shape index (κ3) is 2.78. The molecule has 2 heterocycles. The van der Waals surface area contributed by atoms with Crippen LogP contribution in [0, 0.1) is 10.1 Å². The standard InChI is InChI=1S/C10H12N6O2/c1-2-11-10-5-12-8(3-13-10)6-15-7-9(4-14-15)16(17)18/h3-5,7H,2,6H2,1H3,(H,11,13). The lowest BCUT2D eigenvalue weighted by Crippen LogP contribution is -2.05. The van der Waals surface area contributed by atoms with E-state index in [0.29, 0.717) is 18.1 Å². The summed E-state index contributed by atoms with van der Waals surface area (Å²) in [7, 11) is 0. The fourth-order valence-electron chi connectivity index (χ4n) is 1.41. The molecule has 0 unspecified atom stereocenters. The quantitative estimate of drug-likeness (QED) is 0.627. The fourth-order valence-corrected chi connectivity index (χ4v) is 1.41. The molecule has 2 rings (SSSR count). The van der Waals surface area contributed by atoms with Crippen LogP contribution in [0.25, 0.3) is 0 Å². The van der Waals surface area contributed by atoms with Gasteiger partial charge in [0.2, 0.25) is 0 Å². The molecule has 0 spiro atoms. The van der Waals surface area contributed by atoms with Crippen molar-refractivity contribution in [2.75, 3.05) is 11.9 Å². The third-order valence-electron chi connectivity index (χ3n) is 2.22. The molecule has 0 aliphatic rings. The van der Waals surface area contributed by atoms with Crippen LogP contribution in [0.5, 0.6) is 0 Å². The van der Waals surface area contributed by atoms with E-state index in [4.69, 9.17) is 0 Å². The maximum Gasteiger partial charge on any atom is 0.307 e. The highest BCUT2D eigenvalue weighted by Gasteiger charge is 2.09. The largest absolute Gasteiger partial charge is 0.369 e. The Morgan fingerprint density at radius 1 is 1.39 bits per heavy atom. The van der Waals surface area contributed by atoms with Gasteiger partial charge in [0.05, 0.1) is 29.6 Å². The molecule has 0 saturated carbocycles. The van der Waals surface area contributed by atoms with Gasteiger partial charge in [0.1, 0.15) is 18.2 Å². The minimum atomic E-state index is -0.483. The molecule has 0 atom stereocenters. The average molecular weight is 248 g/mol. The van der Waals surface area contributed by atoms with E-state index < -0.39 is 4.92 Å². The van der Waals surface area contributed by atoms with Crippen LogP contribution in [-0.4, -0.2) is 31.2 Å². The zero-order valence-electron chi connectivity index (χ0n) is 9.78. The van der Waals surface area contributed by atoms with Gasteiger partial charge >= 0.3 is 5.69 Å². The topological polar surface area (TPSA) is 98.8 Å². The average Bonchev–Trinajstić information content (AvgIpc) is 2.81. The Labute approximate surface area is 103 Å². The van der Waals surface area contributed by atoms with Crippen molar-refractivity contribution in [3.8, 4) is 0 Å². The van der Waals surface area contributed by atoms with Crippen molar-refractivity contribution < 1.29 is 4.92 Å². The number of hydrogen-bond acceptors (Lipinski definition) is 6. The summed E-state index contributed by atoms with van der Waals surface area (Å²) in [6.45, 7) is 3.10. The summed E-state index contributed by atoms with van der Waals surface area (Å²) >= 11 is 0. The first-order valence-electron chi connectivity index (χ1n) is 5.40. The smallest absolute Gasteiger partial charge is 0.307 e. The third-order valence-corrected chi connectivity index (χ3v) is 2.22. The molecule has 94 valence electrons. The minimum Gasteiger partial charge on any atom is -0.369 e. The van der Waals surface area contributed by atoms with Gasteiger partial charge in [-0.25, -0.2) is 4.98 Å². The first kappa shape index (κ1) is 12.0. The molecule has 0 bridgehead atoms. The van der Waals surface area contributed by atoms with E-state index in [0.717, 1.165) is 6.54 Å². The molecule has 0 fully saturated rings. The molecule has 0 aliphatic heterocycles. The van der Waals surface area contributed by atoms with Gasteiger partial charge in [0.25, 0.3) is 0 Å². The summed E-state index contributed by atoms with van der Waals surface area (Å²) in [6, 6.07) is 0. The summed E-state index contributed by atoms with van der Waals surface area (Å²) in [5, 5.41) is 17.4. The van der Waals surface area contributed by atoms with Crippen molar-refractivity contribution in [2.45, 2.75) is 13.5 Å². The number of hydrogen-bond donors (Lipinski definition) is 1. The number of nitrogens with zero attached hydrogens (tertiary/aromatic N) is 5. The van der Waals surface area contributed by atoms with Crippen molar-refractivity contribution in [2.24, 2.45) is 0 Å². The molecule has 2 aromatic rings. The predicted octanol–water partition coefficient (Wildman–Crippen LogP) is 1.06. The SMILES string of the molecule is CCNc1cnc(Cn2cc([N+](=O)[O-])cn2)cn1. The summed E-state index contributed by atoms with van der Waals surface area (Å²) in [6.07, 6.45) is 5.81. The zero-order chi connectivity index (χ0) is 13.0. The van der Waals surface area contributed by atoms with E-state index in [1.807, 2.05) is 6.92 Å². The Bertz CT molecular complexity index is 536. The molecular formula is C10H12N6O2. The van der Waals surface area contributed by atoms with Crippen LogP contribution >= 0.6 is 0 Å². The fraction of sp³-hybridized carbons (Fsp3) is 0.300. The van der Waals surface area contributed by atoms with Crippen molar-refractivity contribution in [1.82, 2.24) is 19.7 Å². The molecule has 0 aliphatic carbocycles. The lowest BCUT2D eigenvalue weighted by molar-refractivity contribution is -0.385. The number of nitrogens with one attached hydrogen (secondary N) is 1. The van der Waals surface area contributed by atoms with E-state index in [-0.39, 0.29) is 5.69 Å². The van der Waals surface area contributed by atoms with E-state index in [1.54, 1.807) is 12.4 Å². The summed E-state index contributed by atoms with van der Waals surface area (Å²) in [5.74, 6) is 0.702. The molecule has 0 saturated heterocycles. The Morgan fingerprint density at radius 3 is 2.78 bits per heavy atom. The highest BCUT2D eigenvalue weighted by Crippen LogP contribution is 2.09. The molecule has 8 nitrogen and oxygen atoms in total. The van der Waals surface area contributed by atoms with Crippen LogP contribution in [0.15, 0.2) is 24.8 Å². The second-order valence-electron chi connectivity index (χ2n) is 3.58. The van der Waals surface area contributed by atoms with Gasteiger partial charge in [-0.3, -0.25) is 19.8 Å². The maximum absolute atomic E-state index is 10.5. The number of rotatable bonds is 5. The Hall–Kier alpha value is -2.51. The first-order chi connectivity index (χ1) is 8.69. The van der Waals surface area contributed by atoms with E-state index in [1.165, 1.54) is 17.1 Å². The Morgan fingerprint density at radius 2 is 2.22 bits per heavy atom. The lowest BCUT2D eigenvalue weighted by atomic mass is 10.4. The molecule has 8 heteroatoms. The molecule has 2 aromatic heterocycles. The normalized spacial score (nSPS) is 10.3. The monoisotopic (exact) mass is 248 g/mol. The maximum atomic E-state index is 10.5. The second kappa shape index (κ2) is 5.21. The van der Waals surface area contributed by atoms with Crippen molar-refractivity contribution in [1.29, 1.82) is 0 Å². The highest BCUT2D eigenvalue weighted by molar-refractivity contribution is 5.30. The van der Waals surface area contributed by atoms with Crippen molar-refractivity contribution >= 4 is 11.5 Å². The van der Waals surface area contributed by atoms with Gasteiger partial charge in [-0.15, -0.1) is 0 Å². The highest BCUT2D eigenvalue weighted by atomic mass is 16.6. The molecule has 0 radical (unpaired) electrons. The van der Waals surface area contributed by atoms with E-state index in [2.05, 4.69) is 20.4 Å². The molecule has 0 aromatic carbocycles. The molecular weight excluding hydrogens is 236 g/mol. The molecule has 0 amide bonds. The van der Waals surface area contributed by atoms with Crippen LogP contribution in [0.3, 0.4) is 0 Å². The summed E-state index contributed by atoms with van der Waals surface area (Å²) < 4.78 is 1.45. The van der Waals surface area contributed by atoms with Crippen molar-refractivity contribution in [3.63, 3.8) is 0 Å². The molecule has 18 heavy (non-hydrogen) atoms. The van der Waals surface area contributed by atoms with Crippen LogP contribution < -0.4 is 5.32 Å². The van der Waals surface area contributed by atoms with E-state index >= 15 is 0 Å². The van der Waals surface area contributed by atoms with Gasteiger partial charge in [0, 0.05) is 6.54 Å². The zero-order valence-corrected chi connectivity index (χ0v) is 9.78. The van der Waals surface area contributed by atoms with Gasteiger partial charge in [-0.2, -0.15) is 5.10 Å². The van der Waals surface area contributed by atoms with Crippen LogP contribution in [0.4, 0.5) is 11.5 Å². The van der Waals surface area contributed by atoms with Crippen LogP contribution in [0.2, 0.25) is 0 Å². The summed E-state index contributed by atoms with van der Waals surface area (Å²) in [4.78, 5) is 18.4. The van der Waals surface area contributed by atoms with Crippen molar-refractivity contribution in [3.05, 3.63) is 40.6 Å². The van der Waals surface area contributed by atoms with E-state index in [9.17, 15) is 10.1 Å². The number of aromatic nitrogens is 4. The lowest BCUT2D eigenvalue weighted by Gasteiger charge is -2.03. The second-order valence-corrected chi connectivity index (χ2v) is 3.58. The van der Waals surface area contributed by atoms with Gasteiger partial charge < -0.3 is 5.32 Å². The van der Waals surface area contributed by atoms with Crippen LogP contribution in [-0.2, 0) is 6.54 Å². The minimum absolute atomic E-state index is 0.0350. The summed E-state index contributed by atoms with van der Waals surface area (Å²) in [5.41, 5.74) is 0.655. The number of nitro groups is 1. The Kier molecular flexibility index (Phi) is 3.46.